The largest absolute Gasteiger partial charge is 0.264 e. The van der Waals surface area contributed by atoms with E-state index >= 15 is 0 Å². The van der Waals surface area contributed by atoms with Gasteiger partial charge in [0.2, 0.25) is 0 Å². The van der Waals surface area contributed by atoms with Gasteiger partial charge in [-0.25, -0.2) is 17.2 Å². The Bertz CT molecular complexity index is 1340. The van der Waals surface area contributed by atoms with Crippen LogP contribution in [0.3, 0.4) is 0 Å². The normalized spacial score (nSPS) is 17.9. The summed E-state index contributed by atoms with van der Waals surface area (Å²) in [4.78, 5) is 0.230. The van der Waals surface area contributed by atoms with Crippen LogP contribution in [0.1, 0.15) is 47.9 Å². The van der Waals surface area contributed by atoms with Crippen LogP contribution in [-0.4, -0.2) is 14.5 Å². The zero-order valence-electron chi connectivity index (χ0n) is 18.7. The zero-order chi connectivity index (χ0) is 23.9. The van der Waals surface area contributed by atoms with Crippen LogP contribution in [0.4, 0.5) is 14.5 Å². The first kappa shape index (κ1) is 23.3. The number of hydrogen-bond acceptors (Lipinski definition) is 2. The molecule has 7 heteroatoms. The van der Waals surface area contributed by atoms with Crippen molar-refractivity contribution in [1.29, 1.82) is 0 Å². The second kappa shape index (κ2) is 9.31. The molecular formula is C27H26ClF2NO2S. The maximum atomic E-state index is 14.4. The SMILES string of the molecule is O=S(=O)(c1ccc2c(c1)CCCC2)N1c2cc(F)ccc2CCC1CCc1ccc(Cl)cc1F. The van der Waals surface area contributed by atoms with Gasteiger partial charge in [-0.15, -0.1) is 0 Å². The van der Waals surface area contributed by atoms with E-state index in [0.29, 0.717) is 42.0 Å². The van der Waals surface area contributed by atoms with E-state index < -0.39 is 27.7 Å². The molecule has 178 valence electrons. The number of aryl methyl sites for hydroxylation is 4. The third kappa shape index (κ3) is 4.46. The van der Waals surface area contributed by atoms with Gasteiger partial charge in [-0.2, -0.15) is 0 Å². The Morgan fingerprint density at radius 1 is 0.882 bits per heavy atom. The maximum Gasteiger partial charge on any atom is 0.264 e. The third-order valence-corrected chi connectivity index (χ3v) is 9.10. The predicted molar refractivity (Wildman–Crippen MR) is 131 cm³/mol. The minimum Gasteiger partial charge on any atom is -0.263 e. The first-order valence-electron chi connectivity index (χ1n) is 11.7. The third-order valence-electron chi connectivity index (χ3n) is 7.00. The minimum absolute atomic E-state index is 0.230. The minimum atomic E-state index is -3.94. The van der Waals surface area contributed by atoms with Crippen LogP contribution in [0, 0.1) is 11.6 Å². The van der Waals surface area contributed by atoms with Crippen LogP contribution in [-0.2, 0) is 35.7 Å². The van der Waals surface area contributed by atoms with Crippen molar-refractivity contribution in [3.05, 3.63) is 93.5 Å². The van der Waals surface area contributed by atoms with E-state index in [-0.39, 0.29) is 4.90 Å². The number of anilines is 1. The highest BCUT2D eigenvalue weighted by atomic mass is 35.5. The van der Waals surface area contributed by atoms with Crippen molar-refractivity contribution in [2.24, 2.45) is 0 Å². The van der Waals surface area contributed by atoms with E-state index in [9.17, 15) is 17.2 Å². The lowest BCUT2D eigenvalue weighted by Gasteiger charge is -2.38. The van der Waals surface area contributed by atoms with E-state index in [0.717, 1.165) is 36.8 Å². The number of halogens is 3. The van der Waals surface area contributed by atoms with E-state index in [1.54, 1.807) is 30.3 Å². The van der Waals surface area contributed by atoms with Gasteiger partial charge < -0.3 is 0 Å². The summed E-state index contributed by atoms with van der Waals surface area (Å²) in [5.74, 6) is -0.882. The highest BCUT2D eigenvalue weighted by Crippen LogP contribution is 2.38. The molecule has 0 amide bonds. The first-order valence-corrected chi connectivity index (χ1v) is 13.5. The highest BCUT2D eigenvalue weighted by Gasteiger charge is 2.36. The van der Waals surface area contributed by atoms with Gasteiger partial charge in [0.15, 0.2) is 0 Å². The van der Waals surface area contributed by atoms with Crippen LogP contribution in [0.15, 0.2) is 59.5 Å². The van der Waals surface area contributed by atoms with Crippen LogP contribution in [0.5, 0.6) is 0 Å². The second-order valence-corrected chi connectivity index (χ2v) is 11.4. The van der Waals surface area contributed by atoms with Gasteiger partial charge in [0.25, 0.3) is 10.0 Å². The van der Waals surface area contributed by atoms with E-state index in [1.165, 1.54) is 28.1 Å². The molecule has 0 spiro atoms. The fourth-order valence-electron chi connectivity index (χ4n) is 5.21. The molecule has 3 aromatic rings. The van der Waals surface area contributed by atoms with Crippen LogP contribution in [0.25, 0.3) is 0 Å². The molecule has 0 aromatic heterocycles. The van der Waals surface area contributed by atoms with Gasteiger partial charge >= 0.3 is 0 Å². The van der Waals surface area contributed by atoms with E-state index in [2.05, 4.69) is 0 Å². The number of nitrogens with zero attached hydrogens (tertiary/aromatic N) is 1. The number of hydrogen-bond donors (Lipinski definition) is 0. The standard InChI is InChI=1S/C27H26ClF2NO2S/c28-22-10-5-19(26(30)16-22)7-12-24-13-8-20-6-11-23(29)17-27(20)31(24)34(32,33)25-14-9-18-3-1-2-4-21(18)15-25/h5-6,9-11,14-17,24H,1-4,7-8,12-13H2. The Labute approximate surface area is 204 Å². The zero-order valence-corrected chi connectivity index (χ0v) is 20.3. The van der Waals surface area contributed by atoms with Crippen molar-refractivity contribution in [3.63, 3.8) is 0 Å². The second-order valence-electron chi connectivity index (χ2n) is 9.18. The summed E-state index contributed by atoms with van der Waals surface area (Å²) in [6.07, 6.45) is 5.97. The lowest BCUT2D eigenvalue weighted by atomic mass is 9.92. The summed E-state index contributed by atoms with van der Waals surface area (Å²) >= 11 is 5.88. The Hall–Kier alpha value is -2.44. The molecule has 34 heavy (non-hydrogen) atoms. The van der Waals surface area contributed by atoms with Crippen LogP contribution >= 0.6 is 11.6 Å². The number of sulfonamides is 1. The van der Waals surface area contributed by atoms with Gasteiger partial charge in [0.05, 0.1) is 10.6 Å². The fourth-order valence-corrected chi connectivity index (χ4v) is 7.16. The molecule has 1 atom stereocenters. The quantitative estimate of drug-likeness (QED) is 0.393. The van der Waals surface area contributed by atoms with Crippen molar-refractivity contribution < 1.29 is 17.2 Å². The van der Waals surface area contributed by atoms with Crippen LogP contribution in [0.2, 0.25) is 5.02 Å². The van der Waals surface area contributed by atoms with Gasteiger partial charge in [-0.1, -0.05) is 29.8 Å². The Morgan fingerprint density at radius 3 is 2.44 bits per heavy atom. The molecule has 3 nitrogen and oxygen atoms in total. The molecule has 3 aromatic carbocycles. The van der Waals surface area contributed by atoms with Gasteiger partial charge in [-0.3, -0.25) is 4.31 Å². The summed E-state index contributed by atoms with van der Waals surface area (Å²) in [7, 11) is -3.94. The summed E-state index contributed by atoms with van der Waals surface area (Å²) < 4.78 is 58.0. The van der Waals surface area contributed by atoms with Gasteiger partial charge in [0.1, 0.15) is 11.6 Å². The van der Waals surface area contributed by atoms with Crippen molar-refractivity contribution in [1.82, 2.24) is 0 Å². The topological polar surface area (TPSA) is 37.4 Å². The van der Waals surface area contributed by atoms with E-state index in [4.69, 9.17) is 11.6 Å². The Morgan fingerprint density at radius 2 is 1.65 bits per heavy atom. The predicted octanol–water partition coefficient (Wildman–Crippen LogP) is 6.64. The molecule has 1 heterocycles. The molecule has 0 fully saturated rings. The number of benzene rings is 3. The summed E-state index contributed by atoms with van der Waals surface area (Å²) in [6, 6.07) is 13.8. The maximum absolute atomic E-state index is 14.4. The fraction of sp³-hybridized carbons (Fsp3) is 0.333. The number of rotatable bonds is 5. The number of fused-ring (bicyclic) bond motifs is 2. The lowest BCUT2D eigenvalue weighted by Crippen LogP contribution is -2.44. The molecular weight excluding hydrogens is 476 g/mol. The smallest absolute Gasteiger partial charge is 0.263 e. The van der Waals surface area contributed by atoms with Crippen LogP contribution < -0.4 is 4.31 Å². The molecule has 1 aliphatic heterocycles. The molecule has 0 bridgehead atoms. The summed E-state index contributed by atoms with van der Waals surface area (Å²) in [5, 5.41) is 0.319. The molecule has 2 aliphatic rings. The molecule has 0 saturated heterocycles. The average molecular weight is 502 g/mol. The Balaban J connectivity index is 1.53. The molecule has 0 N–H and O–H groups in total. The molecule has 0 radical (unpaired) electrons. The van der Waals surface area contributed by atoms with Gasteiger partial charge in [0, 0.05) is 11.1 Å². The average Bonchev–Trinajstić information content (AvgIpc) is 2.82. The highest BCUT2D eigenvalue weighted by molar-refractivity contribution is 7.92. The van der Waals surface area contributed by atoms with Crippen molar-refractivity contribution in [2.75, 3.05) is 4.31 Å². The molecule has 1 unspecified atom stereocenters. The van der Waals surface area contributed by atoms with Gasteiger partial charge in [-0.05, 0) is 110 Å². The summed E-state index contributed by atoms with van der Waals surface area (Å²) in [5.41, 5.74) is 3.94. The van der Waals surface area contributed by atoms with Crippen molar-refractivity contribution in [3.8, 4) is 0 Å². The molecule has 0 saturated carbocycles. The summed E-state index contributed by atoms with van der Waals surface area (Å²) in [6.45, 7) is 0. The van der Waals surface area contributed by atoms with Crippen molar-refractivity contribution in [2.45, 2.75) is 62.3 Å². The first-order chi connectivity index (χ1) is 16.3. The lowest BCUT2D eigenvalue weighted by molar-refractivity contribution is 0.515. The van der Waals surface area contributed by atoms with E-state index in [1.807, 2.05) is 6.07 Å². The van der Waals surface area contributed by atoms with Crippen molar-refractivity contribution >= 4 is 27.3 Å². The molecule has 5 rings (SSSR count). The monoisotopic (exact) mass is 501 g/mol. The Kier molecular flexibility index (Phi) is 6.38. The molecule has 1 aliphatic carbocycles.